The molecule has 0 saturated carbocycles. The number of rotatable bonds is 6. The van der Waals surface area contributed by atoms with Crippen molar-refractivity contribution in [1.29, 1.82) is 0 Å². The Bertz CT molecular complexity index is 1060. The summed E-state index contributed by atoms with van der Waals surface area (Å²) >= 11 is 0. The number of pyridine rings is 1. The average Bonchev–Trinajstić information content (AvgIpc) is 3.32. The fraction of sp³-hybridized carbons (Fsp3) is 0.304. The van der Waals surface area contributed by atoms with Gasteiger partial charge in [-0.2, -0.15) is 0 Å². The van der Waals surface area contributed by atoms with E-state index in [2.05, 4.69) is 15.5 Å². The number of benzene rings is 1. The lowest BCUT2D eigenvalue weighted by Gasteiger charge is -2.34. The normalized spacial score (nSPS) is 15.3. The van der Waals surface area contributed by atoms with Crippen molar-refractivity contribution in [3.63, 3.8) is 0 Å². The topological polar surface area (TPSA) is 97.6 Å². The molecule has 8 nitrogen and oxygen atoms in total. The van der Waals surface area contributed by atoms with E-state index in [9.17, 15) is 9.59 Å². The Morgan fingerprint density at radius 3 is 2.74 bits per heavy atom. The van der Waals surface area contributed by atoms with Gasteiger partial charge in [-0.25, -0.2) is 0 Å². The minimum Gasteiger partial charge on any atom is -0.477 e. The van der Waals surface area contributed by atoms with E-state index >= 15 is 0 Å². The number of carbonyl (C=O) groups is 2. The van der Waals surface area contributed by atoms with E-state index in [1.54, 1.807) is 42.7 Å². The standard InChI is InChI=1S/C23H24N4O4/c1-3-16(4-2)25-22(28)21-14-27(18-9-5-6-10-19(18)30-21)23(29)17-12-20(31-26-17)15-8-7-11-24-13-15/h5-13,16,21H,3-4,14H2,1-2H3,(H,25,28). The van der Waals surface area contributed by atoms with Gasteiger partial charge in [0.25, 0.3) is 11.8 Å². The summed E-state index contributed by atoms with van der Waals surface area (Å²) in [6.45, 7) is 4.12. The van der Waals surface area contributed by atoms with Crippen LogP contribution < -0.4 is 15.0 Å². The van der Waals surface area contributed by atoms with Crippen LogP contribution in [-0.4, -0.2) is 40.6 Å². The van der Waals surface area contributed by atoms with Gasteiger partial charge in [0.15, 0.2) is 17.6 Å². The molecule has 0 bridgehead atoms. The lowest BCUT2D eigenvalue weighted by molar-refractivity contribution is -0.128. The minimum atomic E-state index is -0.816. The molecule has 31 heavy (non-hydrogen) atoms. The second kappa shape index (κ2) is 8.99. The van der Waals surface area contributed by atoms with Crippen molar-refractivity contribution in [2.45, 2.75) is 38.8 Å². The third kappa shape index (κ3) is 4.28. The van der Waals surface area contributed by atoms with E-state index in [1.165, 1.54) is 4.90 Å². The molecule has 2 amide bonds. The van der Waals surface area contributed by atoms with Gasteiger partial charge in [-0.3, -0.25) is 19.5 Å². The average molecular weight is 420 g/mol. The van der Waals surface area contributed by atoms with Crippen LogP contribution in [-0.2, 0) is 4.79 Å². The molecule has 1 atom stereocenters. The molecule has 2 aromatic heterocycles. The maximum atomic E-state index is 13.3. The van der Waals surface area contributed by atoms with Crippen LogP contribution in [0.4, 0.5) is 5.69 Å². The zero-order chi connectivity index (χ0) is 21.8. The van der Waals surface area contributed by atoms with Crippen LogP contribution in [0.3, 0.4) is 0 Å². The second-order valence-electron chi connectivity index (χ2n) is 7.33. The van der Waals surface area contributed by atoms with Gasteiger partial charge >= 0.3 is 0 Å². The Hall–Kier alpha value is -3.68. The van der Waals surface area contributed by atoms with Crippen molar-refractivity contribution < 1.29 is 18.8 Å². The monoisotopic (exact) mass is 420 g/mol. The van der Waals surface area contributed by atoms with Gasteiger partial charge < -0.3 is 14.6 Å². The van der Waals surface area contributed by atoms with Crippen LogP contribution in [0.15, 0.2) is 59.4 Å². The van der Waals surface area contributed by atoms with E-state index in [0.717, 1.165) is 18.4 Å². The van der Waals surface area contributed by atoms with Crippen molar-refractivity contribution >= 4 is 17.5 Å². The van der Waals surface area contributed by atoms with E-state index in [-0.39, 0.29) is 30.1 Å². The molecule has 8 heteroatoms. The summed E-state index contributed by atoms with van der Waals surface area (Å²) in [7, 11) is 0. The number of carbonyl (C=O) groups excluding carboxylic acids is 2. The van der Waals surface area contributed by atoms with Crippen LogP contribution in [0.1, 0.15) is 37.2 Å². The molecule has 0 aliphatic carbocycles. The van der Waals surface area contributed by atoms with Crippen LogP contribution in [0.5, 0.6) is 5.75 Å². The van der Waals surface area contributed by atoms with E-state index in [4.69, 9.17) is 9.26 Å². The van der Waals surface area contributed by atoms with E-state index in [0.29, 0.717) is 17.2 Å². The number of amides is 2. The molecule has 0 fully saturated rings. The molecule has 4 rings (SSSR count). The van der Waals surface area contributed by atoms with Gasteiger partial charge in [0, 0.05) is 30.1 Å². The molecule has 0 saturated heterocycles. The molecule has 1 aromatic carbocycles. The van der Waals surface area contributed by atoms with Crippen LogP contribution in [0.25, 0.3) is 11.3 Å². The molecule has 3 heterocycles. The zero-order valence-electron chi connectivity index (χ0n) is 17.4. The Labute approximate surface area is 180 Å². The Morgan fingerprint density at radius 2 is 2.00 bits per heavy atom. The molecular weight excluding hydrogens is 396 g/mol. The SMILES string of the molecule is CCC(CC)NC(=O)C1CN(C(=O)c2cc(-c3cccnc3)on2)c2ccccc2O1. The lowest BCUT2D eigenvalue weighted by Crippen LogP contribution is -2.52. The summed E-state index contributed by atoms with van der Waals surface area (Å²) in [5.74, 6) is 0.316. The maximum Gasteiger partial charge on any atom is 0.280 e. The van der Waals surface area contributed by atoms with E-state index < -0.39 is 6.10 Å². The lowest BCUT2D eigenvalue weighted by atomic mass is 10.1. The Morgan fingerprint density at radius 1 is 1.19 bits per heavy atom. The Balaban J connectivity index is 1.60. The van der Waals surface area contributed by atoms with Gasteiger partial charge in [-0.05, 0) is 37.1 Å². The van der Waals surface area contributed by atoms with Crippen molar-refractivity contribution in [3.05, 3.63) is 60.6 Å². The first-order chi connectivity index (χ1) is 15.1. The maximum absolute atomic E-state index is 13.3. The van der Waals surface area contributed by atoms with Gasteiger partial charge in [0.1, 0.15) is 5.75 Å². The number of hydrogen-bond acceptors (Lipinski definition) is 6. The van der Waals surface area contributed by atoms with Crippen LogP contribution >= 0.6 is 0 Å². The highest BCUT2D eigenvalue weighted by Crippen LogP contribution is 2.34. The molecule has 1 aliphatic rings. The molecule has 160 valence electrons. The van der Waals surface area contributed by atoms with Gasteiger partial charge in [0.05, 0.1) is 12.2 Å². The number of fused-ring (bicyclic) bond motifs is 1. The number of anilines is 1. The summed E-state index contributed by atoms with van der Waals surface area (Å²) in [4.78, 5) is 31.7. The van der Waals surface area contributed by atoms with Gasteiger partial charge in [-0.1, -0.05) is 31.1 Å². The molecular formula is C23H24N4O4. The highest BCUT2D eigenvalue weighted by Gasteiger charge is 2.35. The first kappa shape index (κ1) is 20.6. The third-order valence-electron chi connectivity index (χ3n) is 5.32. The van der Waals surface area contributed by atoms with Crippen molar-refractivity contribution in [3.8, 4) is 17.1 Å². The van der Waals surface area contributed by atoms with Gasteiger partial charge in [0.2, 0.25) is 0 Å². The predicted molar refractivity (Wildman–Crippen MR) is 115 cm³/mol. The van der Waals surface area contributed by atoms with Crippen molar-refractivity contribution in [2.75, 3.05) is 11.4 Å². The third-order valence-corrected chi connectivity index (χ3v) is 5.32. The second-order valence-corrected chi connectivity index (χ2v) is 7.33. The number of para-hydroxylation sites is 2. The quantitative estimate of drug-likeness (QED) is 0.656. The summed E-state index contributed by atoms with van der Waals surface area (Å²) in [6.07, 6.45) is 4.12. The summed E-state index contributed by atoms with van der Waals surface area (Å²) in [6, 6.07) is 12.4. The fourth-order valence-electron chi connectivity index (χ4n) is 3.51. The first-order valence-corrected chi connectivity index (χ1v) is 10.4. The zero-order valence-corrected chi connectivity index (χ0v) is 17.4. The molecule has 1 unspecified atom stereocenters. The van der Waals surface area contributed by atoms with Gasteiger partial charge in [-0.15, -0.1) is 0 Å². The van der Waals surface area contributed by atoms with Crippen molar-refractivity contribution in [1.82, 2.24) is 15.5 Å². The largest absolute Gasteiger partial charge is 0.477 e. The number of ether oxygens (including phenoxy) is 1. The number of nitrogens with one attached hydrogen (secondary N) is 1. The number of aromatic nitrogens is 2. The van der Waals surface area contributed by atoms with Crippen LogP contribution in [0.2, 0.25) is 0 Å². The summed E-state index contributed by atoms with van der Waals surface area (Å²) < 4.78 is 11.3. The predicted octanol–water partition coefficient (Wildman–Crippen LogP) is 3.45. The smallest absolute Gasteiger partial charge is 0.280 e. The molecule has 0 radical (unpaired) electrons. The highest BCUT2D eigenvalue weighted by atomic mass is 16.5. The van der Waals surface area contributed by atoms with Crippen LogP contribution in [0, 0.1) is 0 Å². The first-order valence-electron chi connectivity index (χ1n) is 10.4. The molecule has 0 spiro atoms. The Kier molecular flexibility index (Phi) is 5.97. The summed E-state index contributed by atoms with van der Waals surface area (Å²) in [5, 5.41) is 6.95. The molecule has 1 N–H and O–H groups in total. The number of nitrogens with zero attached hydrogens (tertiary/aromatic N) is 3. The molecule has 3 aromatic rings. The molecule has 1 aliphatic heterocycles. The summed E-state index contributed by atoms with van der Waals surface area (Å²) in [5.41, 5.74) is 1.46. The highest BCUT2D eigenvalue weighted by molar-refractivity contribution is 6.07. The fourth-order valence-corrected chi connectivity index (χ4v) is 3.51. The number of hydrogen-bond donors (Lipinski definition) is 1. The van der Waals surface area contributed by atoms with Crippen molar-refractivity contribution in [2.24, 2.45) is 0 Å². The minimum absolute atomic E-state index is 0.0648. The van der Waals surface area contributed by atoms with E-state index in [1.807, 2.05) is 26.0 Å².